The first kappa shape index (κ1) is 44.6. The maximum atomic E-state index is 12.3. The number of allylic oxidation sites excluding steroid dienone is 4. The minimum Gasteiger partial charge on any atom is -0.494 e. The Bertz CT molecular complexity index is 4210. The summed E-state index contributed by atoms with van der Waals surface area (Å²) in [5, 5.41) is 30.8. The highest BCUT2D eigenvalue weighted by atomic mass is 16.3. The third-order valence-electron chi connectivity index (χ3n) is 14.1. The van der Waals surface area contributed by atoms with Gasteiger partial charge in [0.05, 0.1) is 28.7 Å². The fourth-order valence-electron chi connectivity index (χ4n) is 10.6. The Kier molecular flexibility index (Phi) is 11.4. The first-order chi connectivity index (χ1) is 35.9. The average molecular weight is 940 g/mol. The van der Waals surface area contributed by atoms with Crippen molar-refractivity contribution < 1.29 is 9.52 Å². The van der Waals surface area contributed by atoms with E-state index in [1.807, 2.05) is 83.8 Å². The number of furan rings is 1. The van der Waals surface area contributed by atoms with Crippen LogP contribution in [0, 0.1) is 18.3 Å². The third kappa shape index (κ3) is 7.92. The molecule has 348 valence electrons. The lowest BCUT2D eigenvalue weighted by atomic mass is 9.91. The molecule has 0 fully saturated rings. The second kappa shape index (κ2) is 18.6. The Hall–Kier alpha value is -9.63. The van der Waals surface area contributed by atoms with Crippen LogP contribution in [-0.4, -0.2) is 5.11 Å². The molecule has 0 atom stereocenters. The molecule has 0 saturated heterocycles. The number of aliphatic hydroxyl groups excluding tert-OH is 1. The summed E-state index contributed by atoms with van der Waals surface area (Å²) in [5.41, 5.74) is 15.0. The van der Waals surface area contributed by atoms with Crippen LogP contribution in [0.2, 0.25) is 0 Å². The van der Waals surface area contributed by atoms with Gasteiger partial charge in [-0.3, -0.25) is 4.90 Å². The van der Waals surface area contributed by atoms with Gasteiger partial charge < -0.3 is 14.4 Å². The standard InChI is InChI=1S/C68H49N3O2/c1-4-46-18-12-25-54(41-46)70(63-30-15-29-58-57-28-14-27-56(67(57)73-68(58)63)47-19-6-5-7-20-47)61-38-34-48-33-37-60-62(39-35-49-32-36-59(61)65(48)66(49)60)71(53-24-10-16-44(2)40-53)64(72)31-11-17-45(3)50-22-13-23-51(42-50)55-26-9-8-21-52(55)43-69/h5-42,72H,3-4H2,1-2H3/b17-11-,64-31-. The van der Waals surface area contributed by atoms with Gasteiger partial charge in [-0.25, -0.2) is 0 Å². The summed E-state index contributed by atoms with van der Waals surface area (Å²) in [5.74, 6) is 0.0541. The number of hydrogen-bond donors (Lipinski definition) is 1. The summed E-state index contributed by atoms with van der Waals surface area (Å²) < 4.78 is 7.09. The van der Waals surface area contributed by atoms with E-state index < -0.39 is 0 Å². The Morgan fingerprint density at radius 2 is 1.22 bits per heavy atom. The predicted octanol–water partition coefficient (Wildman–Crippen LogP) is 18.8. The number of nitriles is 1. The molecule has 1 heterocycles. The van der Waals surface area contributed by atoms with Gasteiger partial charge in [-0.1, -0.05) is 183 Å². The van der Waals surface area contributed by atoms with Crippen molar-refractivity contribution in [3.63, 3.8) is 0 Å². The molecule has 0 spiro atoms. The van der Waals surface area contributed by atoms with E-state index in [0.717, 1.165) is 128 Å². The van der Waals surface area contributed by atoms with Gasteiger partial charge in [-0.2, -0.15) is 5.26 Å². The largest absolute Gasteiger partial charge is 0.494 e. The van der Waals surface area contributed by atoms with Crippen molar-refractivity contribution >= 4 is 88.3 Å². The van der Waals surface area contributed by atoms with Gasteiger partial charge in [-0.15, -0.1) is 0 Å². The van der Waals surface area contributed by atoms with Crippen molar-refractivity contribution in [2.24, 2.45) is 0 Å². The second-order valence-electron chi connectivity index (χ2n) is 18.6. The average Bonchev–Trinajstić information content (AvgIpc) is 3.83. The second-order valence-corrected chi connectivity index (χ2v) is 18.6. The molecule has 11 aromatic carbocycles. The maximum absolute atomic E-state index is 12.3. The quantitative estimate of drug-likeness (QED) is 0.0751. The van der Waals surface area contributed by atoms with E-state index in [1.165, 1.54) is 5.56 Å². The van der Waals surface area contributed by atoms with Crippen molar-refractivity contribution in [3.8, 4) is 28.3 Å². The van der Waals surface area contributed by atoms with Gasteiger partial charge in [0.1, 0.15) is 5.58 Å². The summed E-state index contributed by atoms with van der Waals surface area (Å²) in [6.45, 7) is 8.64. The number of para-hydroxylation sites is 2. The summed E-state index contributed by atoms with van der Waals surface area (Å²) >= 11 is 0. The number of aryl methyl sites for hydroxylation is 2. The Labute approximate surface area is 424 Å². The normalized spacial score (nSPS) is 11.9. The van der Waals surface area contributed by atoms with Crippen LogP contribution < -0.4 is 9.80 Å². The molecule has 1 N–H and O–H groups in total. The van der Waals surface area contributed by atoms with E-state index in [4.69, 9.17) is 4.42 Å². The number of aliphatic hydroxyl groups is 1. The molecule has 0 saturated carbocycles. The minimum absolute atomic E-state index is 0.0541. The molecule has 0 aliphatic heterocycles. The third-order valence-corrected chi connectivity index (χ3v) is 14.1. The van der Waals surface area contributed by atoms with E-state index in [-0.39, 0.29) is 5.88 Å². The van der Waals surface area contributed by atoms with Crippen LogP contribution in [0.1, 0.15) is 29.2 Å². The van der Waals surface area contributed by atoms with Crippen molar-refractivity contribution in [2.45, 2.75) is 20.3 Å². The fourth-order valence-corrected chi connectivity index (χ4v) is 10.6. The Balaban J connectivity index is 1.00. The lowest BCUT2D eigenvalue weighted by molar-refractivity contribution is 0.403. The summed E-state index contributed by atoms with van der Waals surface area (Å²) in [7, 11) is 0. The molecule has 5 heteroatoms. The van der Waals surface area contributed by atoms with Gasteiger partial charge in [0.25, 0.3) is 0 Å². The van der Waals surface area contributed by atoms with E-state index in [9.17, 15) is 10.4 Å². The molecule has 0 bridgehead atoms. The number of hydrogen-bond acceptors (Lipinski definition) is 5. The summed E-state index contributed by atoms with van der Waals surface area (Å²) in [6, 6.07) is 76.0. The summed E-state index contributed by atoms with van der Waals surface area (Å²) in [4.78, 5) is 4.30. The van der Waals surface area contributed by atoms with Gasteiger partial charge in [0.2, 0.25) is 0 Å². The first-order valence-corrected chi connectivity index (χ1v) is 24.7. The monoisotopic (exact) mass is 939 g/mol. The molecule has 12 rings (SSSR count). The van der Waals surface area contributed by atoms with Crippen LogP contribution in [0.25, 0.3) is 82.1 Å². The smallest absolute Gasteiger partial charge is 0.196 e. The topological polar surface area (TPSA) is 63.6 Å². The highest BCUT2D eigenvalue weighted by molar-refractivity contribution is 6.28. The highest BCUT2D eigenvalue weighted by Crippen LogP contribution is 2.49. The van der Waals surface area contributed by atoms with Gasteiger partial charge in [-0.05, 0) is 135 Å². The maximum Gasteiger partial charge on any atom is 0.196 e. The molecule has 0 aliphatic carbocycles. The van der Waals surface area contributed by atoms with Crippen molar-refractivity contribution in [2.75, 3.05) is 9.80 Å². The lowest BCUT2D eigenvalue weighted by Gasteiger charge is -2.29. The Morgan fingerprint density at radius 3 is 2.00 bits per heavy atom. The molecule has 73 heavy (non-hydrogen) atoms. The molecule has 0 aliphatic rings. The van der Waals surface area contributed by atoms with Crippen LogP contribution in [-0.2, 0) is 6.42 Å². The van der Waals surface area contributed by atoms with Crippen molar-refractivity contribution in [1.29, 1.82) is 5.26 Å². The Morgan fingerprint density at radius 1 is 0.575 bits per heavy atom. The predicted molar refractivity (Wildman–Crippen MR) is 306 cm³/mol. The highest BCUT2D eigenvalue weighted by Gasteiger charge is 2.25. The van der Waals surface area contributed by atoms with E-state index >= 15 is 0 Å². The van der Waals surface area contributed by atoms with Crippen LogP contribution in [0.5, 0.6) is 0 Å². The molecular weight excluding hydrogens is 891 g/mol. The fraction of sp³-hybridized carbons (Fsp3) is 0.0441. The molecule has 0 radical (unpaired) electrons. The molecular formula is C68H49N3O2. The van der Waals surface area contributed by atoms with E-state index in [1.54, 1.807) is 6.08 Å². The molecule has 0 amide bonds. The number of rotatable bonds is 12. The van der Waals surface area contributed by atoms with Crippen LogP contribution in [0.15, 0.2) is 247 Å². The van der Waals surface area contributed by atoms with Crippen molar-refractivity contribution in [1.82, 2.24) is 0 Å². The van der Waals surface area contributed by atoms with Crippen LogP contribution in [0.3, 0.4) is 0 Å². The minimum atomic E-state index is 0.0541. The van der Waals surface area contributed by atoms with Gasteiger partial charge in [0, 0.05) is 38.5 Å². The zero-order valence-electron chi connectivity index (χ0n) is 40.6. The molecule has 0 unspecified atom stereocenters. The number of nitrogens with zero attached hydrogens (tertiary/aromatic N) is 3. The number of anilines is 5. The molecule has 12 aromatic rings. The SMILES string of the molecule is C=C(/C=C\C=C(/O)N(c1cccc(C)c1)c1ccc2ccc3c(N(c4cccc(CC)c4)c4cccc5c4oc4c(-c6ccccc6)cccc45)ccc4ccc1c2c43)c1cccc(-c2ccccc2C#N)c1. The number of benzene rings is 11. The summed E-state index contributed by atoms with van der Waals surface area (Å²) in [6.07, 6.45) is 6.37. The van der Waals surface area contributed by atoms with E-state index in [0.29, 0.717) is 5.56 Å². The van der Waals surface area contributed by atoms with Crippen molar-refractivity contribution in [3.05, 3.63) is 265 Å². The van der Waals surface area contributed by atoms with Gasteiger partial charge in [0.15, 0.2) is 11.5 Å². The first-order valence-electron chi connectivity index (χ1n) is 24.7. The zero-order chi connectivity index (χ0) is 49.6. The van der Waals surface area contributed by atoms with Gasteiger partial charge >= 0.3 is 0 Å². The zero-order valence-corrected chi connectivity index (χ0v) is 40.6. The van der Waals surface area contributed by atoms with E-state index in [2.05, 4.69) is 177 Å². The lowest BCUT2D eigenvalue weighted by Crippen LogP contribution is -2.16. The van der Waals surface area contributed by atoms with Crippen LogP contribution >= 0.6 is 0 Å². The van der Waals surface area contributed by atoms with Crippen LogP contribution in [0.4, 0.5) is 28.4 Å². The molecule has 5 nitrogen and oxygen atoms in total. The number of fused-ring (bicyclic) bond motifs is 3. The molecule has 1 aromatic heterocycles.